The summed E-state index contributed by atoms with van der Waals surface area (Å²) < 4.78 is 2.45. The Balaban J connectivity index is 1.75. The molecule has 0 unspecified atom stereocenters. The minimum Gasteiger partial charge on any atom is -0.310 e. The lowest BCUT2D eigenvalue weighted by Gasteiger charge is -2.08. The lowest BCUT2D eigenvalue weighted by Crippen LogP contribution is -2.18. The van der Waals surface area contributed by atoms with Crippen molar-refractivity contribution in [2.45, 2.75) is 32.0 Å². The molecule has 0 saturated heterocycles. The molecule has 0 radical (unpaired) electrons. The summed E-state index contributed by atoms with van der Waals surface area (Å²) in [5, 5.41) is 9.25. The zero-order valence-electron chi connectivity index (χ0n) is 14.4. The van der Waals surface area contributed by atoms with Gasteiger partial charge < -0.3 is 5.32 Å². The second-order valence-electron chi connectivity index (χ2n) is 5.63. The molecule has 3 aromatic rings. The molecule has 0 aromatic carbocycles. The number of carbonyl (C=O) groups excluding carboxylic acids is 1. The first-order valence-electron chi connectivity index (χ1n) is 7.65. The molecule has 0 bridgehead atoms. The van der Waals surface area contributed by atoms with Gasteiger partial charge in [0.05, 0.1) is 11.4 Å². The van der Waals surface area contributed by atoms with Crippen LogP contribution in [0.2, 0.25) is 0 Å². The van der Waals surface area contributed by atoms with Crippen molar-refractivity contribution >= 4 is 34.8 Å². The van der Waals surface area contributed by atoms with Gasteiger partial charge in [-0.25, -0.2) is 15.0 Å². The van der Waals surface area contributed by atoms with Crippen LogP contribution in [0.5, 0.6) is 0 Å². The largest absolute Gasteiger partial charge is 0.310 e. The SMILES string of the molecule is Cc1cc(C)nc(-n2nc(C)cc2NC(=O)CSc2nc(C)cs2)n1. The van der Waals surface area contributed by atoms with Crippen LogP contribution < -0.4 is 5.32 Å². The zero-order chi connectivity index (χ0) is 18.0. The maximum Gasteiger partial charge on any atom is 0.252 e. The van der Waals surface area contributed by atoms with E-state index < -0.39 is 0 Å². The van der Waals surface area contributed by atoms with Crippen LogP contribution in [0.1, 0.15) is 22.8 Å². The van der Waals surface area contributed by atoms with Gasteiger partial charge in [-0.3, -0.25) is 4.79 Å². The molecule has 0 aliphatic rings. The fourth-order valence-corrected chi connectivity index (χ4v) is 3.90. The molecule has 3 rings (SSSR count). The van der Waals surface area contributed by atoms with E-state index in [2.05, 4.69) is 25.4 Å². The third kappa shape index (κ3) is 4.43. The number of thioether (sulfide) groups is 1. The molecule has 1 amide bonds. The number of aromatic nitrogens is 5. The summed E-state index contributed by atoms with van der Waals surface area (Å²) >= 11 is 2.96. The van der Waals surface area contributed by atoms with Gasteiger partial charge in [0.2, 0.25) is 5.91 Å². The lowest BCUT2D eigenvalue weighted by atomic mass is 10.4. The highest BCUT2D eigenvalue weighted by molar-refractivity contribution is 8.01. The van der Waals surface area contributed by atoms with Crippen molar-refractivity contribution in [3.63, 3.8) is 0 Å². The normalized spacial score (nSPS) is 10.9. The fraction of sp³-hybridized carbons (Fsp3) is 0.312. The number of thiazole rings is 1. The van der Waals surface area contributed by atoms with Gasteiger partial charge in [0.1, 0.15) is 5.82 Å². The third-order valence-electron chi connectivity index (χ3n) is 3.18. The number of nitrogens with one attached hydrogen (secondary N) is 1. The van der Waals surface area contributed by atoms with Crippen molar-refractivity contribution in [2.24, 2.45) is 0 Å². The summed E-state index contributed by atoms with van der Waals surface area (Å²) in [5.74, 6) is 1.17. The monoisotopic (exact) mass is 374 g/mol. The Hall–Kier alpha value is -2.26. The zero-order valence-corrected chi connectivity index (χ0v) is 16.0. The van der Waals surface area contributed by atoms with Crippen LogP contribution in [0.15, 0.2) is 21.9 Å². The quantitative estimate of drug-likeness (QED) is 0.691. The standard InChI is InChI=1S/C16H18N6OS2/c1-9-5-10(2)18-15(17-9)22-13(6-11(3)21-22)20-14(23)8-25-16-19-12(4)7-24-16/h5-7H,8H2,1-4H3,(H,20,23). The van der Waals surface area contributed by atoms with Gasteiger partial charge in [-0.05, 0) is 33.8 Å². The Kier molecular flexibility index (Phi) is 5.14. The molecule has 9 heteroatoms. The number of anilines is 1. The number of aryl methyl sites for hydroxylation is 4. The highest BCUT2D eigenvalue weighted by Crippen LogP contribution is 2.23. The van der Waals surface area contributed by atoms with Crippen LogP contribution in [-0.2, 0) is 4.79 Å². The van der Waals surface area contributed by atoms with Crippen LogP contribution in [0, 0.1) is 27.7 Å². The molecule has 0 saturated carbocycles. The van der Waals surface area contributed by atoms with Gasteiger partial charge >= 0.3 is 0 Å². The maximum absolute atomic E-state index is 12.3. The van der Waals surface area contributed by atoms with Crippen molar-refractivity contribution in [3.05, 3.63) is 40.3 Å². The smallest absolute Gasteiger partial charge is 0.252 e. The molecule has 130 valence electrons. The summed E-state index contributed by atoms with van der Waals surface area (Å²) in [6.07, 6.45) is 0. The summed E-state index contributed by atoms with van der Waals surface area (Å²) in [6.45, 7) is 7.60. The Morgan fingerprint density at radius 3 is 2.44 bits per heavy atom. The molecule has 3 aromatic heterocycles. The molecule has 0 fully saturated rings. The van der Waals surface area contributed by atoms with Crippen LogP contribution >= 0.6 is 23.1 Å². The molecule has 3 heterocycles. The van der Waals surface area contributed by atoms with Crippen molar-refractivity contribution in [1.82, 2.24) is 24.7 Å². The number of hydrogen-bond acceptors (Lipinski definition) is 7. The van der Waals surface area contributed by atoms with Gasteiger partial charge in [0.15, 0.2) is 4.34 Å². The molecular weight excluding hydrogens is 356 g/mol. The first-order valence-corrected chi connectivity index (χ1v) is 9.51. The van der Waals surface area contributed by atoms with E-state index in [1.165, 1.54) is 23.1 Å². The van der Waals surface area contributed by atoms with Gasteiger partial charge in [-0.2, -0.15) is 9.78 Å². The van der Waals surface area contributed by atoms with Crippen LogP contribution in [0.25, 0.3) is 5.95 Å². The van der Waals surface area contributed by atoms with Gasteiger partial charge in [0, 0.05) is 28.5 Å². The number of nitrogens with zero attached hydrogens (tertiary/aromatic N) is 5. The molecule has 1 N–H and O–H groups in total. The first-order chi connectivity index (χ1) is 11.9. The highest BCUT2D eigenvalue weighted by Gasteiger charge is 2.14. The average molecular weight is 374 g/mol. The molecule has 0 aliphatic heterocycles. The average Bonchev–Trinajstić information content (AvgIpc) is 3.10. The topological polar surface area (TPSA) is 85.6 Å². The van der Waals surface area contributed by atoms with Crippen molar-refractivity contribution in [2.75, 3.05) is 11.1 Å². The molecule has 0 spiro atoms. The maximum atomic E-state index is 12.3. The van der Waals surface area contributed by atoms with Crippen LogP contribution in [0.3, 0.4) is 0 Å². The second kappa shape index (κ2) is 7.32. The summed E-state index contributed by atoms with van der Waals surface area (Å²) in [4.78, 5) is 25.4. The van der Waals surface area contributed by atoms with Crippen LogP contribution in [-0.4, -0.2) is 36.4 Å². The summed E-state index contributed by atoms with van der Waals surface area (Å²) in [7, 11) is 0. The second-order valence-corrected chi connectivity index (χ2v) is 7.71. The van der Waals surface area contributed by atoms with Crippen LogP contribution in [0.4, 0.5) is 5.82 Å². The summed E-state index contributed by atoms with van der Waals surface area (Å²) in [5.41, 5.74) is 3.44. The number of amides is 1. The van der Waals surface area contributed by atoms with E-state index in [0.29, 0.717) is 11.8 Å². The molecule has 0 atom stereocenters. The van der Waals surface area contributed by atoms with E-state index in [9.17, 15) is 4.79 Å². The predicted molar refractivity (Wildman–Crippen MR) is 99.6 cm³/mol. The minimum atomic E-state index is -0.122. The van der Waals surface area contributed by atoms with E-state index in [-0.39, 0.29) is 11.7 Å². The van der Waals surface area contributed by atoms with E-state index in [1.54, 1.807) is 10.7 Å². The Morgan fingerprint density at radius 1 is 1.08 bits per heavy atom. The minimum absolute atomic E-state index is 0.122. The number of carbonyl (C=O) groups is 1. The fourth-order valence-electron chi connectivity index (χ4n) is 2.25. The Labute approximate surface area is 153 Å². The van der Waals surface area contributed by atoms with Gasteiger partial charge in [-0.1, -0.05) is 11.8 Å². The first kappa shape index (κ1) is 17.6. The molecule has 25 heavy (non-hydrogen) atoms. The highest BCUT2D eigenvalue weighted by atomic mass is 32.2. The van der Waals surface area contributed by atoms with E-state index in [4.69, 9.17) is 0 Å². The molecule has 0 aliphatic carbocycles. The Bertz CT molecular complexity index is 897. The van der Waals surface area contributed by atoms with Crippen molar-refractivity contribution < 1.29 is 4.79 Å². The summed E-state index contributed by atoms with van der Waals surface area (Å²) in [6, 6.07) is 3.70. The number of rotatable bonds is 5. The predicted octanol–water partition coefficient (Wildman–Crippen LogP) is 3.08. The molecule has 7 nitrogen and oxygen atoms in total. The van der Waals surface area contributed by atoms with E-state index in [0.717, 1.165) is 27.1 Å². The third-order valence-corrected chi connectivity index (χ3v) is 5.32. The van der Waals surface area contributed by atoms with Gasteiger partial charge in [0.25, 0.3) is 5.95 Å². The Morgan fingerprint density at radius 2 is 1.80 bits per heavy atom. The molecular formula is C16H18N6OS2. The lowest BCUT2D eigenvalue weighted by molar-refractivity contribution is -0.113. The van der Waals surface area contributed by atoms with Crippen molar-refractivity contribution in [1.29, 1.82) is 0 Å². The van der Waals surface area contributed by atoms with E-state index >= 15 is 0 Å². The van der Waals surface area contributed by atoms with Gasteiger partial charge in [-0.15, -0.1) is 11.3 Å². The number of hydrogen-bond donors (Lipinski definition) is 1. The van der Waals surface area contributed by atoms with Crippen molar-refractivity contribution in [3.8, 4) is 5.95 Å². The van der Waals surface area contributed by atoms with E-state index in [1.807, 2.05) is 39.1 Å².